The van der Waals surface area contributed by atoms with Crippen LogP contribution in [0.5, 0.6) is 0 Å². The van der Waals surface area contributed by atoms with Crippen molar-refractivity contribution in [3.63, 3.8) is 0 Å². The number of ketones is 1. The van der Waals surface area contributed by atoms with Crippen LogP contribution in [0.4, 0.5) is 0 Å². The Morgan fingerprint density at radius 1 is 1.24 bits per heavy atom. The number of thioether (sulfide) groups is 1. The number of pyridine rings is 1. The number of fused-ring (bicyclic) bond motifs is 1. The van der Waals surface area contributed by atoms with Gasteiger partial charge < -0.3 is 0 Å². The van der Waals surface area contributed by atoms with Crippen molar-refractivity contribution in [1.82, 2.24) is 4.98 Å². The van der Waals surface area contributed by atoms with Crippen molar-refractivity contribution in [2.45, 2.75) is 50.8 Å². The summed E-state index contributed by atoms with van der Waals surface area (Å²) >= 11 is 1.58. The molecule has 0 amide bonds. The average molecular weight is 350 g/mol. The second-order valence-electron chi connectivity index (χ2n) is 7.27. The first-order chi connectivity index (χ1) is 11.9. The van der Waals surface area contributed by atoms with Crippen LogP contribution in [0.2, 0.25) is 0 Å². The van der Waals surface area contributed by atoms with Crippen molar-refractivity contribution < 1.29 is 4.79 Å². The molecule has 0 N–H and O–H groups in total. The molecule has 0 radical (unpaired) electrons. The maximum Gasteiger partial charge on any atom is 0.165 e. The number of carbonyl (C=O) groups is 1. The van der Waals surface area contributed by atoms with E-state index in [1.165, 1.54) is 5.56 Å². The third-order valence-corrected chi connectivity index (χ3v) is 5.64. The smallest absolute Gasteiger partial charge is 0.165 e. The first-order valence-electron chi connectivity index (χ1n) is 8.61. The predicted molar refractivity (Wildman–Crippen MR) is 101 cm³/mol. The fourth-order valence-corrected chi connectivity index (χ4v) is 4.44. The van der Waals surface area contributed by atoms with E-state index >= 15 is 0 Å². The van der Waals surface area contributed by atoms with Gasteiger partial charge in [-0.05, 0) is 29.4 Å². The Kier molecular flexibility index (Phi) is 4.96. The van der Waals surface area contributed by atoms with E-state index in [-0.39, 0.29) is 11.2 Å². The van der Waals surface area contributed by atoms with E-state index in [1.807, 2.05) is 25.1 Å². The highest BCUT2D eigenvalue weighted by Crippen LogP contribution is 2.39. The van der Waals surface area contributed by atoms with Gasteiger partial charge in [-0.1, -0.05) is 51.1 Å². The van der Waals surface area contributed by atoms with Crippen LogP contribution < -0.4 is 0 Å². The fourth-order valence-electron chi connectivity index (χ4n) is 3.46. The lowest BCUT2D eigenvalue weighted by Gasteiger charge is -2.31. The molecule has 0 saturated carbocycles. The van der Waals surface area contributed by atoms with Gasteiger partial charge in [0.25, 0.3) is 0 Å². The quantitative estimate of drug-likeness (QED) is 0.731. The molecule has 0 saturated heterocycles. The van der Waals surface area contributed by atoms with Crippen LogP contribution in [0.3, 0.4) is 0 Å². The molecule has 0 bridgehead atoms. The molecule has 25 heavy (non-hydrogen) atoms. The first-order valence-corrected chi connectivity index (χ1v) is 9.59. The Balaban J connectivity index is 2.04. The summed E-state index contributed by atoms with van der Waals surface area (Å²) in [5, 5.41) is 10.5. The molecule has 1 aromatic carbocycles. The fraction of sp³-hybridized carbons (Fsp3) is 0.381. The minimum Gasteiger partial charge on any atom is -0.294 e. The van der Waals surface area contributed by atoms with Crippen LogP contribution in [0.15, 0.2) is 35.4 Å². The van der Waals surface area contributed by atoms with E-state index < -0.39 is 0 Å². The lowest BCUT2D eigenvalue weighted by molar-refractivity contribution is 0.0908. The Morgan fingerprint density at radius 2 is 1.96 bits per heavy atom. The highest BCUT2D eigenvalue weighted by atomic mass is 32.2. The van der Waals surface area contributed by atoms with Gasteiger partial charge in [0.15, 0.2) is 5.78 Å². The molecule has 2 aromatic rings. The molecule has 1 heterocycles. The van der Waals surface area contributed by atoms with Crippen molar-refractivity contribution in [3.05, 3.63) is 58.3 Å². The zero-order chi connectivity index (χ0) is 18.0. The van der Waals surface area contributed by atoms with Crippen molar-refractivity contribution >= 4 is 17.5 Å². The Hall–Kier alpha value is -2.12. The van der Waals surface area contributed by atoms with Gasteiger partial charge in [0, 0.05) is 17.7 Å². The van der Waals surface area contributed by atoms with E-state index in [1.54, 1.807) is 11.8 Å². The number of hydrogen-bond donors (Lipinski definition) is 0. The molecule has 4 heteroatoms. The van der Waals surface area contributed by atoms with Crippen LogP contribution in [0.1, 0.15) is 59.9 Å². The monoisotopic (exact) mass is 350 g/mol. The Labute approximate surface area is 153 Å². The Morgan fingerprint density at radius 3 is 2.60 bits per heavy atom. The summed E-state index contributed by atoms with van der Waals surface area (Å²) in [6, 6.07) is 12.5. The summed E-state index contributed by atoms with van der Waals surface area (Å²) in [6.07, 6.45) is 1.99. The standard InChI is InChI=1S/C21H22N2OS/c1-4-15-16(12-22)20(25-13-14-8-6-5-7-9-14)23-17-10-21(2,3)11-18(24)19(15)17/h5-9H,4,10-11,13H2,1-3H3. The molecule has 1 aliphatic rings. The van der Waals surface area contributed by atoms with E-state index in [9.17, 15) is 10.1 Å². The van der Waals surface area contributed by atoms with E-state index in [0.717, 1.165) is 28.5 Å². The van der Waals surface area contributed by atoms with Crippen molar-refractivity contribution in [2.24, 2.45) is 5.41 Å². The maximum atomic E-state index is 12.7. The van der Waals surface area contributed by atoms with Gasteiger partial charge >= 0.3 is 0 Å². The number of benzene rings is 1. The maximum absolute atomic E-state index is 12.7. The van der Waals surface area contributed by atoms with E-state index in [2.05, 4.69) is 32.0 Å². The zero-order valence-electron chi connectivity index (χ0n) is 14.9. The van der Waals surface area contributed by atoms with Crippen molar-refractivity contribution in [2.75, 3.05) is 0 Å². The molecule has 128 valence electrons. The van der Waals surface area contributed by atoms with Gasteiger partial charge in [0.05, 0.1) is 11.3 Å². The summed E-state index contributed by atoms with van der Waals surface area (Å²) in [5.74, 6) is 0.897. The molecular weight excluding hydrogens is 328 g/mol. The summed E-state index contributed by atoms with van der Waals surface area (Å²) in [6.45, 7) is 6.22. The summed E-state index contributed by atoms with van der Waals surface area (Å²) in [7, 11) is 0. The summed E-state index contributed by atoms with van der Waals surface area (Å²) < 4.78 is 0. The lowest BCUT2D eigenvalue weighted by Crippen LogP contribution is -2.29. The summed E-state index contributed by atoms with van der Waals surface area (Å²) in [4.78, 5) is 17.5. The molecule has 0 spiro atoms. The highest BCUT2D eigenvalue weighted by molar-refractivity contribution is 7.98. The molecule has 3 nitrogen and oxygen atoms in total. The highest BCUT2D eigenvalue weighted by Gasteiger charge is 2.35. The van der Waals surface area contributed by atoms with Crippen LogP contribution >= 0.6 is 11.8 Å². The van der Waals surface area contributed by atoms with Gasteiger partial charge in [0.2, 0.25) is 0 Å². The number of nitriles is 1. The minimum absolute atomic E-state index is 0.0718. The van der Waals surface area contributed by atoms with Gasteiger partial charge in [0.1, 0.15) is 11.1 Å². The van der Waals surface area contributed by atoms with Crippen LogP contribution in [-0.2, 0) is 18.6 Å². The molecule has 0 atom stereocenters. The largest absolute Gasteiger partial charge is 0.294 e. The predicted octanol–water partition coefficient (Wildman–Crippen LogP) is 4.96. The van der Waals surface area contributed by atoms with Crippen LogP contribution in [-0.4, -0.2) is 10.8 Å². The van der Waals surface area contributed by atoms with Gasteiger partial charge in [-0.15, -0.1) is 11.8 Å². The number of hydrogen-bond acceptors (Lipinski definition) is 4. The van der Waals surface area contributed by atoms with Crippen LogP contribution in [0, 0.1) is 16.7 Å². The van der Waals surface area contributed by atoms with Gasteiger partial charge in [-0.3, -0.25) is 4.79 Å². The SMILES string of the molecule is CCc1c(C#N)c(SCc2ccccc2)nc2c1C(=O)CC(C)(C)C2. The molecule has 1 aliphatic carbocycles. The molecule has 3 rings (SSSR count). The zero-order valence-corrected chi connectivity index (χ0v) is 15.7. The molecule has 0 unspecified atom stereocenters. The van der Waals surface area contributed by atoms with Gasteiger partial charge in [-0.25, -0.2) is 4.98 Å². The number of aromatic nitrogens is 1. The first kappa shape index (κ1) is 17.7. The normalized spacial score (nSPS) is 15.5. The minimum atomic E-state index is -0.0718. The molecule has 0 aliphatic heterocycles. The third-order valence-electron chi connectivity index (χ3n) is 4.59. The number of Topliss-reactive ketones (excluding diaryl/α,β-unsaturated/α-hetero) is 1. The lowest BCUT2D eigenvalue weighted by atomic mass is 9.74. The Bertz CT molecular complexity index is 850. The van der Waals surface area contributed by atoms with Crippen molar-refractivity contribution in [3.8, 4) is 6.07 Å². The van der Waals surface area contributed by atoms with Crippen molar-refractivity contribution in [1.29, 1.82) is 5.26 Å². The number of carbonyl (C=O) groups excluding carboxylic acids is 1. The second kappa shape index (κ2) is 7.01. The average Bonchev–Trinajstić information content (AvgIpc) is 2.58. The molecular formula is C21H22N2OS. The third kappa shape index (κ3) is 3.62. The number of nitrogens with zero attached hydrogens (tertiary/aromatic N) is 2. The molecule has 0 fully saturated rings. The summed E-state index contributed by atoms with van der Waals surface area (Å²) in [5.41, 5.74) is 4.16. The second-order valence-corrected chi connectivity index (χ2v) is 8.24. The van der Waals surface area contributed by atoms with E-state index in [4.69, 9.17) is 4.98 Å². The molecule has 1 aromatic heterocycles. The van der Waals surface area contributed by atoms with E-state index in [0.29, 0.717) is 24.0 Å². The topological polar surface area (TPSA) is 53.8 Å². The van der Waals surface area contributed by atoms with Crippen LogP contribution in [0.25, 0.3) is 0 Å². The van der Waals surface area contributed by atoms with Gasteiger partial charge in [-0.2, -0.15) is 5.26 Å². The number of rotatable bonds is 4.